The zero-order valence-corrected chi connectivity index (χ0v) is 10.4. The molecule has 17 heavy (non-hydrogen) atoms. The van der Waals surface area contributed by atoms with Gasteiger partial charge in [0.1, 0.15) is 5.82 Å². The third kappa shape index (κ3) is 3.03. The molecule has 0 bridgehead atoms. The predicted octanol–water partition coefficient (Wildman–Crippen LogP) is 0.386. The van der Waals surface area contributed by atoms with Crippen LogP contribution in [0.3, 0.4) is 0 Å². The van der Waals surface area contributed by atoms with Gasteiger partial charge in [0.05, 0.1) is 17.0 Å². The molecule has 0 aliphatic heterocycles. The molecule has 0 fully saturated rings. The maximum Gasteiger partial charge on any atom is 0.242 e. The number of halogens is 1. The van der Waals surface area contributed by atoms with Crippen LogP contribution in [0.1, 0.15) is 5.56 Å². The second-order valence-corrected chi connectivity index (χ2v) is 5.59. The first-order valence-electron chi connectivity index (χ1n) is 4.80. The van der Waals surface area contributed by atoms with Crippen LogP contribution in [0, 0.1) is 17.7 Å². The van der Waals surface area contributed by atoms with Gasteiger partial charge >= 0.3 is 0 Å². The van der Waals surface area contributed by atoms with Crippen molar-refractivity contribution in [1.29, 1.82) is 0 Å². The highest BCUT2D eigenvalue weighted by atomic mass is 32.2. The van der Waals surface area contributed by atoms with Gasteiger partial charge < -0.3 is 5.73 Å². The van der Waals surface area contributed by atoms with E-state index in [4.69, 9.17) is 5.73 Å². The Bertz CT molecular complexity index is 571. The first-order chi connectivity index (χ1) is 7.89. The number of rotatable bonds is 2. The Kier molecular flexibility index (Phi) is 4.23. The zero-order chi connectivity index (χ0) is 13.1. The van der Waals surface area contributed by atoms with E-state index in [0.29, 0.717) is 0 Å². The van der Waals surface area contributed by atoms with Gasteiger partial charge in [-0.15, -0.1) is 0 Å². The zero-order valence-electron chi connectivity index (χ0n) is 9.57. The molecule has 0 amide bonds. The first kappa shape index (κ1) is 13.6. The molecule has 2 N–H and O–H groups in total. The molecule has 0 spiro atoms. The molecular formula is C11H13FN2O2S. The van der Waals surface area contributed by atoms with Crippen molar-refractivity contribution in [2.45, 2.75) is 4.90 Å². The molecule has 0 aliphatic rings. The summed E-state index contributed by atoms with van der Waals surface area (Å²) in [6, 6.07) is 3.60. The Morgan fingerprint density at radius 3 is 2.53 bits per heavy atom. The van der Waals surface area contributed by atoms with Crippen molar-refractivity contribution in [3.63, 3.8) is 0 Å². The number of hydrogen-bond donors (Lipinski definition) is 1. The number of nitrogens with zero attached hydrogens (tertiary/aromatic N) is 1. The van der Waals surface area contributed by atoms with Crippen LogP contribution in [0.25, 0.3) is 0 Å². The van der Waals surface area contributed by atoms with Gasteiger partial charge in [-0.3, -0.25) is 0 Å². The minimum Gasteiger partial charge on any atom is -0.320 e. The molecule has 92 valence electrons. The smallest absolute Gasteiger partial charge is 0.242 e. The monoisotopic (exact) mass is 256 g/mol. The van der Waals surface area contributed by atoms with Crippen LogP contribution in [0.5, 0.6) is 0 Å². The fraction of sp³-hybridized carbons (Fsp3) is 0.273. The lowest BCUT2D eigenvalue weighted by Gasteiger charge is -2.11. The summed E-state index contributed by atoms with van der Waals surface area (Å²) in [7, 11) is -0.848. The predicted molar refractivity (Wildman–Crippen MR) is 63.2 cm³/mol. The molecule has 0 aromatic heterocycles. The summed E-state index contributed by atoms with van der Waals surface area (Å²) in [5.41, 5.74) is 5.30. The highest BCUT2D eigenvalue weighted by Gasteiger charge is 2.18. The Hall–Kier alpha value is -1.42. The van der Waals surface area contributed by atoms with Gasteiger partial charge in [-0.05, 0) is 18.2 Å². The summed E-state index contributed by atoms with van der Waals surface area (Å²) in [5.74, 6) is 4.35. The van der Waals surface area contributed by atoms with E-state index in [0.717, 1.165) is 10.4 Å². The topological polar surface area (TPSA) is 63.4 Å². The summed E-state index contributed by atoms with van der Waals surface area (Å²) < 4.78 is 38.0. The summed E-state index contributed by atoms with van der Waals surface area (Å²) >= 11 is 0. The van der Waals surface area contributed by atoms with E-state index in [1.54, 1.807) is 0 Å². The molecule has 0 saturated heterocycles. The van der Waals surface area contributed by atoms with Crippen LogP contribution in [-0.2, 0) is 10.0 Å². The molecule has 0 atom stereocenters. The van der Waals surface area contributed by atoms with Gasteiger partial charge in [-0.25, -0.2) is 17.1 Å². The van der Waals surface area contributed by atoms with Crippen LogP contribution >= 0.6 is 0 Å². The molecule has 1 aromatic carbocycles. The second-order valence-electron chi connectivity index (χ2n) is 3.43. The highest BCUT2D eigenvalue weighted by Crippen LogP contribution is 2.16. The molecule has 1 aromatic rings. The fourth-order valence-electron chi connectivity index (χ4n) is 1.11. The van der Waals surface area contributed by atoms with Crippen molar-refractivity contribution >= 4 is 10.0 Å². The average Bonchev–Trinajstić information content (AvgIpc) is 2.27. The molecular weight excluding hydrogens is 243 g/mol. The fourth-order valence-corrected chi connectivity index (χ4v) is 2.03. The third-order valence-corrected chi connectivity index (χ3v) is 3.86. The molecule has 0 aliphatic carbocycles. The van der Waals surface area contributed by atoms with Crippen LogP contribution < -0.4 is 5.73 Å². The lowest BCUT2D eigenvalue weighted by Crippen LogP contribution is -2.22. The molecule has 1 rings (SSSR count). The molecule has 0 radical (unpaired) electrons. The molecule has 0 heterocycles. The normalized spacial score (nSPS) is 11.1. The van der Waals surface area contributed by atoms with Crippen molar-refractivity contribution in [1.82, 2.24) is 4.31 Å². The summed E-state index contributed by atoms with van der Waals surface area (Å²) in [5, 5.41) is 0. The largest absolute Gasteiger partial charge is 0.320 e. The minimum absolute atomic E-state index is 0.0988. The van der Waals surface area contributed by atoms with Gasteiger partial charge in [0, 0.05) is 14.1 Å². The third-order valence-electron chi connectivity index (χ3n) is 2.04. The molecule has 0 unspecified atom stereocenters. The van der Waals surface area contributed by atoms with E-state index in [9.17, 15) is 12.8 Å². The molecule has 0 saturated carbocycles. The number of benzene rings is 1. The quantitative estimate of drug-likeness (QED) is 0.778. The van der Waals surface area contributed by atoms with Gasteiger partial charge in [0.15, 0.2) is 0 Å². The summed E-state index contributed by atoms with van der Waals surface area (Å²) in [6.45, 7) is 0.122. The van der Waals surface area contributed by atoms with Gasteiger partial charge in [0.25, 0.3) is 0 Å². The van der Waals surface area contributed by atoms with Crippen molar-refractivity contribution in [3.05, 3.63) is 29.6 Å². The van der Waals surface area contributed by atoms with Crippen LogP contribution in [0.4, 0.5) is 4.39 Å². The van der Waals surface area contributed by atoms with E-state index in [-0.39, 0.29) is 17.0 Å². The van der Waals surface area contributed by atoms with E-state index in [1.165, 1.54) is 26.2 Å². The Labute approximate surface area is 100 Å². The number of sulfonamides is 1. The SMILES string of the molecule is CN(C)S(=O)(=O)c1ccc(C#CCN)c(F)c1. The average molecular weight is 256 g/mol. The van der Waals surface area contributed by atoms with Gasteiger partial charge in [-0.1, -0.05) is 11.8 Å². The van der Waals surface area contributed by atoms with E-state index >= 15 is 0 Å². The van der Waals surface area contributed by atoms with Crippen LogP contribution in [0.15, 0.2) is 23.1 Å². The first-order valence-corrected chi connectivity index (χ1v) is 6.24. The van der Waals surface area contributed by atoms with Crippen LogP contribution in [0.2, 0.25) is 0 Å². The summed E-state index contributed by atoms with van der Waals surface area (Å²) in [4.78, 5) is -0.0988. The number of hydrogen-bond acceptors (Lipinski definition) is 3. The second kappa shape index (κ2) is 5.27. The van der Waals surface area contributed by atoms with Crippen LogP contribution in [-0.4, -0.2) is 33.4 Å². The Morgan fingerprint density at radius 1 is 1.41 bits per heavy atom. The standard InChI is InChI=1S/C11H13FN2O2S/c1-14(2)17(15,16)10-6-5-9(4-3-7-13)11(12)8-10/h5-6,8H,7,13H2,1-2H3. The van der Waals surface area contributed by atoms with Crippen molar-refractivity contribution < 1.29 is 12.8 Å². The van der Waals surface area contributed by atoms with E-state index in [1.807, 2.05) is 0 Å². The molecule has 4 nitrogen and oxygen atoms in total. The van der Waals surface area contributed by atoms with E-state index < -0.39 is 15.8 Å². The van der Waals surface area contributed by atoms with Crippen molar-refractivity contribution in [2.24, 2.45) is 5.73 Å². The minimum atomic E-state index is -3.62. The van der Waals surface area contributed by atoms with Crippen molar-refractivity contribution in [2.75, 3.05) is 20.6 Å². The Morgan fingerprint density at radius 2 is 2.06 bits per heavy atom. The van der Waals surface area contributed by atoms with Gasteiger partial charge in [0.2, 0.25) is 10.0 Å². The maximum absolute atomic E-state index is 13.5. The van der Waals surface area contributed by atoms with Gasteiger partial charge in [-0.2, -0.15) is 0 Å². The lowest BCUT2D eigenvalue weighted by atomic mass is 10.2. The molecule has 6 heteroatoms. The maximum atomic E-state index is 13.5. The highest BCUT2D eigenvalue weighted by molar-refractivity contribution is 7.89. The lowest BCUT2D eigenvalue weighted by molar-refractivity contribution is 0.519. The summed E-state index contributed by atoms with van der Waals surface area (Å²) in [6.07, 6.45) is 0. The van der Waals surface area contributed by atoms with E-state index in [2.05, 4.69) is 11.8 Å². The number of nitrogens with two attached hydrogens (primary N) is 1. The van der Waals surface area contributed by atoms with Crippen molar-refractivity contribution in [3.8, 4) is 11.8 Å². The Balaban J connectivity index is 3.23.